The molecule has 0 spiro atoms. The van der Waals surface area contributed by atoms with E-state index in [0.29, 0.717) is 6.54 Å². The van der Waals surface area contributed by atoms with Gasteiger partial charge in [-0.05, 0) is 66.5 Å². The maximum absolute atomic E-state index is 5.55. The molecule has 1 heterocycles. The average molecular weight is 386 g/mol. The van der Waals surface area contributed by atoms with Crippen LogP contribution in [0.25, 0.3) is 0 Å². The first-order valence-electron chi connectivity index (χ1n) is 6.38. The van der Waals surface area contributed by atoms with Crippen LogP contribution in [0, 0.1) is 3.77 Å². The monoisotopic (exact) mass is 386 g/mol. The van der Waals surface area contributed by atoms with Gasteiger partial charge in [0.15, 0.2) is 3.77 Å². The molecule has 0 aliphatic heterocycles. The molecular weight excluding hydrogens is 367 g/mol. The minimum Gasteiger partial charge on any atom is -0.495 e. The Kier molecular flexibility index (Phi) is 5.31. The predicted octanol–water partition coefficient (Wildman–Crippen LogP) is 3.57. The standard InChI is InChI=1S/C15H19IN2O2/c1-18(2)10-11-4-6-14(19-3)13(8-11)17-9-12-5-7-15(16)20-12/h4-8,17H,9-10H2,1-3H3. The van der Waals surface area contributed by atoms with Crippen LogP contribution in [0.2, 0.25) is 0 Å². The quantitative estimate of drug-likeness (QED) is 0.771. The van der Waals surface area contributed by atoms with E-state index >= 15 is 0 Å². The molecule has 2 aromatic rings. The Morgan fingerprint density at radius 2 is 2.05 bits per heavy atom. The van der Waals surface area contributed by atoms with E-state index in [1.807, 2.05) is 18.2 Å². The van der Waals surface area contributed by atoms with Crippen LogP contribution in [-0.4, -0.2) is 26.1 Å². The van der Waals surface area contributed by atoms with Gasteiger partial charge in [-0.1, -0.05) is 6.07 Å². The van der Waals surface area contributed by atoms with Crippen LogP contribution in [0.4, 0.5) is 5.69 Å². The fourth-order valence-electron chi connectivity index (χ4n) is 1.99. The predicted molar refractivity (Wildman–Crippen MR) is 89.1 cm³/mol. The summed E-state index contributed by atoms with van der Waals surface area (Å²) in [4.78, 5) is 2.14. The third-order valence-corrected chi connectivity index (χ3v) is 3.42. The molecule has 20 heavy (non-hydrogen) atoms. The van der Waals surface area contributed by atoms with Crippen molar-refractivity contribution in [3.05, 3.63) is 45.4 Å². The van der Waals surface area contributed by atoms with Crippen LogP contribution in [0.15, 0.2) is 34.7 Å². The molecule has 0 saturated heterocycles. The van der Waals surface area contributed by atoms with Crippen LogP contribution >= 0.6 is 22.6 Å². The number of halogens is 1. The molecule has 0 bridgehead atoms. The molecule has 1 aromatic carbocycles. The molecule has 108 valence electrons. The van der Waals surface area contributed by atoms with Crippen LogP contribution in [0.3, 0.4) is 0 Å². The molecular formula is C15H19IN2O2. The Hall–Kier alpha value is -1.21. The zero-order valence-electron chi connectivity index (χ0n) is 11.9. The van der Waals surface area contributed by atoms with Crippen molar-refractivity contribution >= 4 is 28.3 Å². The van der Waals surface area contributed by atoms with E-state index in [0.717, 1.165) is 27.5 Å². The summed E-state index contributed by atoms with van der Waals surface area (Å²) in [5.74, 6) is 1.75. The molecule has 0 radical (unpaired) electrons. The lowest BCUT2D eigenvalue weighted by molar-refractivity contribution is 0.400. The van der Waals surface area contributed by atoms with E-state index in [9.17, 15) is 0 Å². The Bertz CT molecular complexity index is 567. The second-order valence-corrected chi connectivity index (χ2v) is 5.90. The van der Waals surface area contributed by atoms with E-state index in [-0.39, 0.29) is 0 Å². The van der Waals surface area contributed by atoms with Gasteiger partial charge in [0.2, 0.25) is 0 Å². The molecule has 1 N–H and O–H groups in total. The molecule has 0 amide bonds. The third kappa shape index (κ3) is 4.14. The van der Waals surface area contributed by atoms with E-state index in [1.54, 1.807) is 7.11 Å². The van der Waals surface area contributed by atoms with Crippen LogP contribution < -0.4 is 10.1 Å². The van der Waals surface area contributed by atoms with E-state index in [1.165, 1.54) is 5.56 Å². The Balaban J connectivity index is 2.11. The smallest absolute Gasteiger partial charge is 0.164 e. The highest BCUT2D eigenvalue weighted by Crippen LogP contribution is 2.26. The molecule has 0 saturated carbocycles. The number of nitrogens with zero attached hydrogens (tertiary/aromatic N) is 1. The first kappa shape index (κ1) is 15.2. The van der Waals surface area contributed by atoms with Gasteiger partial charge < -0.3 is 19.4 Å². The van der Waals surface area contributed by atoms with Crippen LogP contribution in [-0.2, 0) is 13.1 Å². The van der Waals surface area contributed by atoms with Gasteiger partial charge in [-0.25, -0.2) is 0 Å². The number of ether oxygens (including phenoxy) is 1. The zero-order valence-corrected chi connectivity index (χ0v) is 14.1. The molecule has 0 atom stereocenters. The van der Waals surface area contributed by atoms with Crippen molar-refractivity contribution in [2.24, 2.45) is 0 Å². The van der Waals surface area contributed by atoms with Crippen molar-refractivity contribution in [2.75, 3.05) is 26.5 Å². The molecule has 0 aliphatic carbocycles. The van der Waals surface area contributed by atoms with Gasteiger partial charge in [-0.2, -0.15) is 0 Å². The van der Waals surface area contributed by atoms with E-state index in [2.05, 4.69) is 59.0 Å². The molecule has 2 rings (SSSR count). The van der Waals surface area contributed by atoms with Crippen molar-refractivity contribution in [2.45, 2.75) is 13.1 Å². The number of methoxy groups -OCH3 is 1. The van der Waals surface area contributed by atoms with Crippen molar-refractivity contribution in [1.29, 1.82) is 0 Å². The lowest BCUT2D eigenvalue weighted by atomic mass is 10.1. The molecule has 4 nitrogen and oxygen atoms in total. The van der Waals surface area contributed by atoms with Gasteiger partial charge in [-0.3, -0.25) is 0 Å². The molecule has 0 unspecified atom stereocenters. The maximum Gasteiger partial charge on any atom is 0.164 e. The highest BCUT2D eigenvalue weighted by Gasteiger charge is 2.06. The maximum atomic E-state index is 5.55. The summed E-state index contributed by atoms with van der Waals surface area (Å²) in [5, 5.41) is 3.37. The summed E-state index contributed by atoms with van der Waals surface area (Å²) in [7, 11) is 5.80. The highest BCUT2D eigenvalue weighted by molar-refractivity contribution is 14.1. The summed E-state index contributed by atoms with van der Waals surface area (Å²) in [5.41, 5.74) is 2.23. The highest BCUT2D eigenvalue weighted by atomic mass is 127. The summed E-state index contributed by atoms with van der Waals surface area (Å²) < 4.78 is 11.8. The minimum absolute atomic E-state index is 0.644. The molecule has 0 aliphatic rings. The first-order chi connectivity index (χ1) is 9.58. The minimum atomic E-state index is 0.644. The second-order valence-electron chi connectivity index (χ2n) is 4.83. The summed E-state index contributed by atoms with van der Waals surface area (Å²) in [6.07, 6.45) is 0. The number of benzene rings is 1. The molecule has 1 aromatic heterocycles. The zero-order chi connectivity index (χ0) is 14.5. The van der Waals surface area contributed by atoms with E-state index < -0.39 is 0 Å². The van der Waals surface area contributed by atoms with Crippen molar-refractivity contribution in [3.63, 3.8) is 0 Å². The fraction of sp³-hybridized carbons (Fsp3) is 0.333. The number of anilines is 1. The number of rotatable bonds is 6. The van der Waals surface area contributed by atoms with Crippen LogP contribution in [0.5, 0.6) is 5.75 Å². The largest absolute Gasteiger partial charge is 0.495 e. The van der Waals surface area contributed by atoms with Gasteiger partial charge in [-0.15, -0.1) is 0 Å². The van der Waals surface area contributed by atoms with Gasteiger partial charge in [0, 0.05) is 6.54 Å². The summed E-state index contributed by atoms with van der Waals surface area (Å²) in [6.45, 7) is 1.54. The number of hydrogen-bond donors (Lipinski definition) is 1. The van der Waals surface area contributed by atoms with Gasteiger partial charge in [0.1, 0.15) is 11.5 Å². The Labute approximate surface area is 133 Å². The third-order valence-electron chi connectivity index (χ3n) is 2.84. The lowest BCUT2D eigenvalue weighted by Crippen LogP contribution is -2.11. The van der Waals surface area contributed by atoms with Crippen molar-refractivity contribution in [1.82, 2.24) is 4.90 Å². The molecule has 5 heteroatoms. The number of nitrogens with one attached hydrogen (secondary N) is 1. The Morgan fingerprint density at radius 1 is 1.25 bits per heavy atom. The van der Waals surface area contributed by atoms with Gasteiger partial charge >= 0.3 is 0 Å². The lowest BCUT2D eigenvalue weighted by Gasteiger charge is -2.14. The summed E-state index contributed by atoms with van der Waals surface area (Å²) in [6, 6.07) is 10.1. The number of hydrogen-bond acceptors (Lipinski definition) is 4. The first-order valence-corrected chi connectivity index (χ1v) is 7.46. The fourth-order valence-corrected chi connectivity index (χ4v) is 2.45. The second kappa shape index (κ2) is 6.99. The Morgan fingerprint density at radius 3 is 2.65 bits per heavy atom. The van der Waals surface area contributed by atoms with Crippen LogP contribution in [0.1, 0.15) is 11.3 Å². The average Bonchev–Trinajstić information content (AvgIpc) is 2.82. The SMILES string of the molecule is COc1ccc(CN(C)C)cc1NCc1ccc(I)o1. The normalized spacial score (nSPS) is 10.8. The van der Waals surface area contributed by atoms with Gasteiger partial charge in [0.05, 0.1) is 19.3 Å². The van der Waals surface area contributed by atoms with Crippen molar-refractivity contribution < 1.29 is 9.15 Å². The number of furan rings is 1. The van der Waals surface area contributed by atoms with E-state index in [4.69, 9.17) is 9.15 Å². The van der Waals surface area contributed by atoms with Crippen molar-refractivity contribution in [3.8, 4) is 5.75 Å². The molecule has 0 fully saturated rings. The van der Waals surface area contributed by atoms with Gasteiger partial charge in [0.25, 0.3) is 0 Å². The summed E-state index contributed by atoms with van der Waals surface area (Å²) >= 11 is 2.16. The topological polar surface area (TPSA) is 37.6 Å².